The molecule has 3 N–H and O–H groups in total. The summed E-state index contributed by atoms with van der Waals surface area (Å²) in [6, 6.07) is 18.0. The first-order chi connectivity index (χ1) is 14.0. The van der Waals surface area contributed by atoms with Gasteiger partial charge >= 0.3 is 0 Å². The molecule has 29 heavy (non-hydrogen) atoms. The van der Waals surface area contributed by atoms with E-state index in [1.807, 2.05) is 42.5 Å². The van der Waals surface area contributed by atoms with Gasteiger partial charge in [-0.05, 0) is 59.1 Å². The Balaban J connectivity index is 0.000000159. The SMILES string of the molecule is CC1c2ccccc2CC1O.NC1=NC(=O)/C(=C/c2ccc3ncccc3c2)S1. The molecule has 2 unspecified atom stereocenters. The number of thioether (sulfide) groups is 1. The summed E-state index contributed by atoms with van der Waals surface area (Å²) in [6.45, 7) is 2.08. The zero-order chi connectivity index (χ0) is 20.4. The molecule has 0 spiro atoms. The Hall–Kier alpha value is -2.96. The number of hydrogen-bond acceptors (Lipinski definition) is 5. The lowest BCUT2D eigenvalue weighted by Gasteiger charge is -2.07. The van der Waals surface area contributed by atoms with E-state index in [0.29, 0.717) is 16.0 Å². The van der Waals surface area contributed by atoms with Gasteiger partial charge in [0.15, 0.2) is 5.17 Å². The molecule has 1 amide bonds. The summed E-state index contributed by atoms with van der Waals surface area (Å²) >= 11 is 1.20. The van der Waals surface area contributed by atoms with Gasteiger partial charge in [-0.15, -0.1) is 0 Å². The number of nitrogens with two attached hydrogens (primary N) is 1. The Labute approximate surface area is 173 Å². The highest BCUT2D eigenvalue weighted by Crippen LogP contribution is 2.32. The second-order valence-electron chi connectivity index (χ2n) is 7.08. The van der Waals surface area contributed by atoms with Crippen LogP contribution >= 0.6 is 11.8 Å². The van der Waals surface area contributed by atoms with Gasteiger partial charge in [-0.1, -0.05) is 43.3 Å². The lowest BCUT2D eigenvalue weighted by molar-refractivity contribution is -0.113. The van der Waals surface area contributed by atoms with E-state index in [4.69, 9.17) is 5.73 Å². The molecule has 2 aliphatic rings. The standard InChI is InChI=1S/C13H9N3OS.C10H12O/c14-13-16-12(17)11(18-13)7-8-3-4-10-9(6-8)2-1-5-15-10;1-7-9-5-3-2-4-8(9)6-10(7)11/h1-7H,(H2,14,16,17);2-5,7,10-11H,6H2,1H3/b11-7-;. The number of aliphatic imine (C=N–C) groups is 1. The monoisotopic (exact) mass is 403 g/mol. The Morgan fingerprint density at radius 2 is 2.00 bits per heavy atom. The van der Waals surface area contributed by atoms with E-state index in [9.17, 15) is 9.90 Å². The molecule has 5 rings (SSSR count). The molecular formula is C23H21N3O2S. The van der Waals surface area contributed by atoms with Crippen LogP contribution in [0.3, 0.4) is 0 Å². The van der Waals surface area contributed by atoms with Crippen molar-refractivity contribution in [1.29, 1.82) is 0 Å². The number of hydrogen-bond donors (Lipinski definition) is 2. The van der Waals surface area contributed by atoms with Crippen LogP contribution in [0.4, 0.5) is 0 Å². The van der Waals surface area contributed by atoms with Gasteiger partial charge in [0.2, 0.25) is 0 Å². The molecule has 0 bridgehead atoms. The van der Waals surface area contributed by atoms with Crippen LogP contribution in [0.5, 0.6) is 0 Å². The first-order valence-electron chi connectivity index (χ1n) is 9.40. The zero-order valence-electron chi connectivity index (χ0n) is 15.9. The van der Waals surface area contributed by atoms with Crippen LogP contribution in [-0.4, -0.2) is 27.3 Å². The molecule has 3 aromatic rings. The number of amidine groups is 1. The predicted molar refractivity (Wildman–Crippen MR) is 119 cm³/mol. The first-order valence-corrected chi connectivity index (χ1v) is 10.2. The van der Waals surface area contributed by atoms with Crippen LogP contribution in [0.25, 0.3) is 17.0 Å². The number of fused-ring (bicyclic) bond motifs is 2. The summed E-state index contributed by atoms with van der Waals surface area (Å²) < 4.78 is 0. The molecule has 1 aromatic heterocycles. The Kier molecular flexibility index (Phi) is 5.47. The van der Waals surface area contributed by atoms with Crippen molar-refractivity contribution in [1.82, 2.24) is 4.98 Å². The van der Waals surface area contributed by atoms with Crippen LogP contribution in [0.2, 0.25) is 0 Å². The fraction of sp³-hybridized carbons (Fsp3) is 0.174. The minimum Gasteiger partial charge on any atom is -0.392 e. The van der Waals surface area contributed by atoms with Gasteiger partial charge in [0.05, 0.1) is 16.5 Å². The summed E-state index contributed by atoms with van der Waals surface area (Å²) in [5, 5.41) is 10.9. The van der Waals surface area contributed by atoms with Gasteiger partial charge < -0.3 is 10.8 Å². The minimum atomic E-state index is -0.274. The minimum absolute atomic E-state index is 0.160. The Morgan fingerprint density at radius 3 is 2.76 bits per heavy atom. The highest BCUT2D eigenvalue weighted by molar-refractivity contribution is 8.18. The van der Waals surface area contributed by atoms with E-state index >= 15 is 0 Å². The number of nitrogens with zero attached hydrogens (tertiary/aromatic N) is 2. The van der Waals surface area contributed by atoms with Gasteiger partial charge in [0.25, 0.3) is 5.91 Å². The second-order valence-corrected chi connectivity index (χ2v) is 8.14. The molecular weight excluding hydrogens is 382 g/mol. The average Bonchev–Trinajstić information content (AvgIpc) is 3.20. The third kappa shape index (κ3) is 4.23. The molecule has 6 heteroatoms. The average molecular weight is 404 g/mol. The molecule has 2 atom stereocenters. The molecule has 0 radical (unpaired) electrons. The van der Waals surface area contributed by atoms with Crippen LogP contribution in [0.15, 0.2) is 70.7 Å². The maximum atomic E-state index is 11.5. The fourth-order valence-corrected chi connectivity index (χ4v) is 4.22. The number of aliphatic hydroxyl groups excluding tert-OH is 1. The zero-order valence-corrected chi connectivity index (χ0v) is 16.8. The van der Waals surface area contributed by atoms with Crippen molar-refractivity contribution in [2.75, 3.05) is 0 Å². The number of pyridine rings is 1. The molecule has 2 aromatic carbocycles. The van der Waals surface area contributed by atoms with Gasteiger partial charge in [-0.2, -0.15) is 4.99 Å². The smallest absolute Gasteiger partial charge is 0.286 e. The number of benzene rings is 2. The van der Waals surface area contributed by atoms with Crippen molar-refractivity contribution >= 4 is 39.8 Å². The number of rotatable bonds is 1. The molecule has 0 saturated carbocycles. The van der Waals surface area contributed by atoms with Crippen molar-refractivity contribution in [2.45, 2.75) is 25.4 Å². The quantitative estimate of drug-likeness (QED) is 0.602. The van der Waals surface area contributed by atoms with Gasteiger partial charge in [-0.25, -0.2) is 0 Å². The second kappa shape index (κ2) is 8.19. The van der Waals surface area contributed by atoms with Crippen molar-refractivity contribution in [2.24, 2.45) is 10.7 Å². The summed E-state index contributed by atoms with van der Waals surface area (Å²) in [4.78, 5) is 19.9. The fourth-order valence-electron chi connectivity index (χ4n) is 3.53. The van der Waals surface area contributed by atoms with Crippen LogP contribution in [-0.2, 0) is 11.2 Å². The summed E-state index contributed by atoms with van der Waals surface area (Å²) in [5.41, 5.74) is 10.0. The van der Waals surface area contributed by atoms with Gasteiger partial charge in [-0.3, -0.25) is 9.78 Å². The largest absolute Gasteiger partial charge is 0.392 e. The van der Waals surface area contributed by atoms with E-state index in [2.05, 4.69) is 29.0 Å². The summed E-state index contributed by atoms with van der Waals surface area (Å²) in [7, 11) is 0. The molecule has 2 heterocycles. The summed E-state index contributed by atoms with van der Waals surface area (Å²) in [5.74, 6) is 0.0509. The van der Waals surface area contributed by atoms with Crippen LogP contribution in [0.1, 0.15) is 29.5 Å². The first kappa shape index (κ1) is 19.4. The van der Waals surface area contributed by atoms with Crippen molar-refractivity contribution in [3.8, 4) is 0 Å². The third-order valence-electron chi connectivity index (χ3n) is 5.11. The maximum absolute atomic E-state index is 11.5. The predicted octanol–water partition coefficient (Wildman–Crippen LogP) is 3.87. The third-order valence-corrected chi connectivity index (χ3v) is 5.93. The highest BCUT2D eigenvalue weighted by Gasteiger charge is 2.26. The normalized spacial score (nSPS) is 21.7. The van der Waals surface area contributed by atoms with Crippen molar-refractivity contribution in [3.05, 3.63) is 82.4 Å². The van der Waals surface area contributed by atoms with E-state index in [-0.39, 0.29) is 12.0 Å². The van der Waals surface area contributed by atoms with E-state index in [0.717, 1.165) is 22.9 Å². The van der Waals surface area contributed by atoms with Crippen LogP contribution < -0.4 is 5.73 Å². The molecule has 5 nitrogen and oxygen atoms in total. The molecule has 0 fully saturated rings. The topological polar surface area (TPSA) is 88.6 Å². The Bertz CT molecular complexity index is 1140. The number of amides is 1. The van der Waals surface area contributed by atoms with Crippen LogP contribution in [0, 0.1) is 0 Å². The Morgan fingerprint density at radius 1 is 1.17 bits per heavy atom. The number of carbonyl (C=O) groups is 1. The van der Waals surface area contributed by atoms with Crippen molar-refractivity contribution < 1.29 is 9.90 Å². The molecule has 146 valence electrons. The lowest BCUT2D eigenvalue weighted by Crippen LogP contribution is -2.09. The van der Waals surface area contributed by atoms with E-state index in [1.54, 1.807) is 12.3 Å². The maximum Gasteiger partial charge on any atom is 0.286 e. The molecule has 1 aliphatic carbocycles. The molecule has 0 saturated heterocycles. The van der Waals surface area contributed by atoms with E-state index in [1.165, 1.54) is 22.9 Å². The van der Waals surface area contributed by atoms with Crippen molar-refractivity contribution in [3.63, 3.8) is 0 Å². The highest BCUT2D eigenvalue weighted by atomic mass is 32.2. The van der Waals surface area contributed by atoms with E-state index < -0.39 is 0 Å². The number of carbonyl (C=O) groups excluding carboxylic acids is 1. The summed E-state index contributed by atoms with van der Waals surface area (Å²) in [6.07, 6.45) is 4.22. The lowest BCUT2D eigenvalue weighted by atomic mass is 10.0. The van der Waals surface area contributed by atoms with Gasteiger partial charge in [0.1, 0.15) is 0 Å². The molecule has 1 aliphatic heterocycles. The number of aromatic nitrogens is 1. The van der Waals surface area contributed by atoms with Gasteiger partial charge in [0, 0.05) is 17.5 Å². The number of aliphatic hydroxyl groups is 1.